The molecular formula is C10H17NO2. The van der Waals surface area contributed by atoms with Crippen molar-refractivity contribution in [1.29, 1.82) is 0 Å². The Morgan fingerprint density at radius 3 is 2.54 bits per heavy atom. The molecular weight excluding hydrogens is 166 g/mol. The SMILES string of the molecule is COC(=O)N1CCCC2(CCC2)C1. The van der Waals surface area contributed by atoms with Crippen molar-refractivity contribution < 1.29 is 9.53 Å². The lowest BCUT2D eigenvalue weighted by atomic mass is 9.64. The van der Waals surface area contributed by atoms with Crippen molar-refractivity contribution >= 4 is 6.09 Å². The number of rotatable bonds is 0. The number of likely N-dealkylation sites (tertiary alicyclic amines) is 1. The second kappa shape index (κ2) is 3.20. The highest BCUT2D eigenvalue weighted by Crippen LogP contribution is 2.47. The summed E-state index contributed by atoms with van der Waals surface area (Å²) in [4.78, 5) is 13.2. The fourth-order valence-corrected chi connectivity index (χ4v) is 2.58. The maximum absolute atomic E-state index is 11.3. The molecule has 0 aromatic rings. The highest BCUT2D eigenvalue weighted by Gasteiger charge is 2.41. The van der Waals surface area contributed by atoms with Crippen LogP contribution in [0.1, 0.15) is 32.1 Å². The molecule has 1 amide bonds. The van der Waals surface area contributed by atoms with E-state index in [9.17, 15) is 4.79 Å². The Morgan fingerprint density at radius 2 is 2.00 bits per heavy atom. The van der Waals surface area contributed by atoms with E-state index in [0.717, 1.165) is 19.5 Å². The van der Waals surface area contributed by atoms with Crippen LogP contribution in [0.2, 0.25) is 0 Å². The maximum atomic E-state index is 11.3. The van der Waals surface area contributed by atoms with Gasteiger partial charge in [0.25, 0.3) is 0 Å². The molecule has 0 bridgehead atoms. The van der Waals surface area contributed by atoms with Gasteiger partial charge in [-0.15, -0.1) is 0 Å². The van der Waals surface area contributed by atoms with Crippen LogP contribution in [0.15, 0.2) is 0 Å². The van der Waals surface area contributed by atoms with Crippen molar-refractivity contribution in [2.75, 3.05) is 20.2 Å². The van der Waals surface area contributed by atoms with Gasteiger partial charge >= 0.3 is 6.09 Å². The summed E-state index contributed by atoms with van der Waals surface area (Å²) in [5.74, 6) is 0. The fourth-order valence-electron chi connectivity index (χ4n) is 2.58. The Labute approximate surface area is 79.0 Å². The molecule has 0 radical (unpaired) electrons. The van der Waals surface area contributed by atoms with Crippen LogP contribution in [0.4, 0.5) is 4.79 Å². The van der Waals surface area contributed by atoms with Gasteiger partial charge in [-0.2, -0.15) is 0 Å². The second-order valence-electron chi connectivity index (χ2n) is 4.35. The van der Waals surface area contributed by atoms with Crippen molar-refractivity contribution in [2.24, 2.45) is 5.41 Å². The van der Waals surface area contributed by atoms with E-state index in [1.807, 2.05) is 4.90 Å². The minimum Gasteiger partial charge on any atom is -0.453 e. The normalized spacial score (nSPS) is 25.5. The molecule has 0 N–H and O–H groups in total. The van der Waals surface area contributed by atoms with E-state index in [1.165, 1.54) is 32.8 Å². The summed E-state index contributed by atoms with van der Waals surface area (Å²) < 4.78 is 4.74. The molecule has 2 rings (SSSR count). The zero-order valence-corrected chi connectivity index (χ0v) is 8.21. The molecule has 2 fully saturated rings. The summed E-state index contributed by atoms with van der Waals surface area (Å²) in [5.41, 5.74) is 0.479. The molecule has 0 unspecified atom stereocenters. The van der Waals surface area contributed by atoms with Crippen LogP contribution in [-0.4, -0.2) is 31.2 Å². The van der Waals surface area contributed by atoms with Gasteiger partial charge in [0.15, 0.2) is 0 Å². The summed E-state index contributed by atoms with van der Waals surface area (Å²) in [6, 6.07) is 0. The predicted octanol–water partition coefficient (Wildman–Crippen LogP) is 2.02. The summed E-state index contributed by atoms with van der Waals surface area (Å²) in [7, 11) is 1.46. The summed E-state index contributed by atoms with van der Waals surface area (Å²) in [5, 5.41) is 0. The van der Waals surface area contributed by atoms with E-state index in [1.54, 1.807) is 0 Å². The molecule has 3 nitrogen and oxygen atoms in total. The van der Waals surface area contributed by atoms with Crippen LogP contribution in [0.25, 0.3) is 0 Å². The monoisotopic (exact) mass is 183 g/mol. The van der Waals surface area contributed by atoms with E-state index < -0.39 is 0 Å². The molecule has 1 saturated carbocycles. The maximum Gasteiger partial charge on any atom is 0.409 e. The van der Waals surface area contributed by atoms with Crippen molar-refractivity contribution in [3.05, 3.63) is 0 Å². The van der Waals surface area contributed by atoms with E-state index in [0.29, 0.717) is 5.41 Å². The summed E-state index contributed by atoms with van der Waals surface area (Å²) in [6.45, 7) is 1.81. The molecule has 1 aliphatic carbocycles. The number of carbonyl (C=O) groups is 1. The Kier molecular flexibility index (Phi) is 2.18. The number of ether oxygens (including phenoxy) is 1. The van der Waals surface area contributed by atoms with Crippen LogP contribution < -0.4 is 0 Å². The Bertz CT molecular complexity index is 211. The largest absolute Gasteiger partial charge is 0.453 e. The molecule has 1 saturated heterocycles. The Balaban J connectivity index is 1.95. The van der Waals surface area contributed by atoms with Crippen molar-refractivity contribution in [3.8, 4) is 0 Å². The van der Waals surface area contributed by atoms with Crippen LogP contribution in [-0.2, 0) is 4.74 Å². The first-order valence-corrected chi connectivity index (χ1v) is 5.09. The highest BCUT2D eigenvalue weighted by molar-refractivity contribution is 5.67. The quantitative estimate of drug-likeness (QED) is 0.575. The minimum absolute atomic E-state index is 0.147. The van der Waals surface area contributed by atoms with Gasteiger partial charge in [-0.3, -0.25) is 0 Å². The van der Waals surface area contributed by atoms with Crippen molar-refractivity contribution in [1.82, 2.24) is 4.90 Å². The number of carbonyl (C=O) groups excluding carboxylic acids is 1. The van der Waals surface area contributed by atoms with E-state index in [2.05, 4.69) is 0 Å². The highest BCUT2D eigenvalue weighted by atomic mass is 16.5. The van der Waals surface area contributed by atoms with Crippen molar-refractivity contribution in [2.45, 2.75) is 32.1 Å². The van der Waals surface area contributed by atoms with Gasteiger partial charge in [0.1, 0.15) is 0 Å². The topological polar surface area (TPSA) is 29.5 Å². The second-order valence-corrected chi connectivity index (χ2v) is 4.35. The lowest BCUT2D eigenvalue weighted by Crippen LogP contribution is -2.49. The third kappa shape index (κ3) is 1.52. The van der Waals surface area contributed by atoms with Gasteiger partial charge < -0.3 is 9.64 Å². The molecule has 13 heavy (non-hydrogen) atoms. The Morgan fingerprint density at radius 1 is 1.31 bits per heavy atom. The smallest absolute Gasteiger partial charge is 0.409 e. The third-order valence-electron chi connectivity index (χ3n) is 3.51. The number of hydrogen-bond donors (Lipinski definition) is 0. The van der Waals surface area contributed by atoms with Gasteiger partial charge in [-0.05, 0) is 31.1 Å². The van der Waals surface area contributed by atoms with E-state index in [4.69, 9.17) is 4.74 Å². The predicted molar refractivity (Wildman–Crippen MR) is 49.5 cm³/mol. The lowest BCUT2D eigenvalue weighted by molar-refractivity contribution is 0.0190. The van der Waals surface area contributed by atoms with Gasteiger partial charge in [0.05, 0.1) is 7.11 Å². The molecule has 3 heteroatoms. The van der Waals surface area contributed by atoms with Crippen LogP contribution in [0.3, 0.4) is 0 Å². The number of hydrogen-bond acceptors (Lipinski definition) is 2. The zero-order chi connectivity index (χ0) is 9.31. The number of methoxy groups -OCH3 is 1. The lowest BCUT2D eigenvalue weighted by Gasteiger charge is -2.48. The van der Waals surface area contributed by atoms with Crippen LogP contribution in [0.5, 0.6) is 0 Å². The van der Waals surface area contributed by atoms with Crippen LogP contribution in [0, 0.1) is 5.41 Å². The first-order valence-electron chi connectivity index (χ1n) is 5.09. The first kappa shape index (κ1) is 8.85. The summed E-state index contributed by atoms with van der Waals surface area (Å²) in [6.07, 6.45) is 6.26. The molecule has 0 aromatic heterocycles. The molecule has 1 heterocycles. The number of nitrogens with zero attached hydrogens (tertiary/aromatic N) is 1. The van der Waals surface area contributed by atoms with E-state index in [-0.39, 0.29) is 6.09 Å². The van der Waals surface area contributed by atoms with Gasteiger partial charge in [0, 0.05) is 13.1 Å². The number of amides is 1. The average Bonchev–Trinajstić information content (AvgIpc) is 2.14. The average molecular weight is 183 g/mol. The van der Waals surface area contributed by atoms with Gasteiger partial charge in [-0.25, -0.2) is 4.79 Å². The fraction of sp³-hybridized carbons (Fsp3) is 0.900. The third-order valence-corrected chi connectivity index (χ3v) is 3.51. The van der Waals surface area contributed by atoms with E-state index >= 15 is 0 Å². The molecule has 0 aromatic carbocycles. The summed E-state index contributed by atoms with van der Waals surface area (Å²) >= 11 is 0. The molecule has 1 spiro atoms. The van der Waals surface area contributed by atoms with Crippen LogP contribution >= 0.6 is 0 Å². The first-order chi connectivity index (χ1) is 6.26. The molecule has 0 atom stereocenters. The minimum atomic E-state index is -0.147. The van der Waals surface area contributed by atoms with Gasteiger partial charge in [0.2, 0.25) is 0 Å². The van der Waals surface area contributed by atoms with Gasteiger partial charge in [-0.1, -0.05) is 6.42 Å². The zero-order valence-electron chi connectivity index (χ0n) is 8.21. The molecule has 1 aliphatic heterocycles. The number of piperidine rings is 1. The standard InChI is InChI=1S/C10H17NO2/c1-13-9(12)11-7-3-6-10(8-11)4-2-5-10/h2-8H2,1H3. The molecule has 2 aliphatic rings. The molecule has 74 valence electrons. The van der Waals surface area contributed by atoms with Crippen molar-refractivity contribution in [3.63, 3.8) is 0 Å². The Hall–Kier alpha value is -0.730.